The summed E-state index contributed by atoms with van der Waals surface area (Å²) in [7, 11) is 0. The van der Waals surface area contributed by atoms with Crippen LogP contribution in [0.1, 0.15) is 11.1 Å². The second-order valence-electron chi connectivity index (χ2n) is 6.49. The fraction of sp³-hybridized carbons (Fsp3) is 0.0909. The van der Waals surface area contributed by atoms with E-state index in [1.807, 2.05) is 30.3 Å². The number of fused-ring (bicyclic) bond motifs is 1. The number of carbonyl (C=O) groups excluding carboxylic acids is 2. The zero-order chi connectivity index (χ0) is 19.6. The maximum atomic E-state index is 13.2. The molecule has 140 valence electrons. The van der Waals surface area contributed by atoms with Crippen molar-refractivity contribution in [2.75, 3.05) is 10.2 Å². The van der Waals surface area contributed by atoms with Crippen LogP contribution in [-0.2, 0) is 17.1 Å². The van der Waals surface area contributed by atoms with Crippen LogP contribution in [0.25, 0.3) is 0 Å². The lowest BCUT2D eigenvalue weighted by Crippen LogP contribution is -2.62. The van der Waals surface area contributed by atoms with E-state index in [1.54, 1.807) is 54.6 Å². The predicted molar refractivity (Wildman–Crippen MR) is 107 cm³/mol. The van der Waals surface area contributed by atoms with Gasteiger partial charge in [0.2, 0.25) is 0 Å². The van der Waals surface area contributed by atoms with Crippen LogP contribution in [0, 0.1) is 0 Å². The van der Waals surface area contributed by atoms with Gasteiger partial charge < -0.3 is 15.7 Å². The second-order valence-corrected chi connectivity index (χ2v) is 6.49. The molecule has 6 heteroatoms. The van der Waals surface area contributed by atoms with Crippen molar-refractivity contribution in [2.45, 2.75) is 12.3 Å². The fourth-order valence-electron chi connectivity index (χ4n) is 3.34. The number of amides is 3. The first-order valence-corrected chi connectivity index (χ1v) is 8.91. The summed E-state index contributed by atoms with van der Waals surface area (Å²) < 4.78 is 0. The second kappa shape index (κ2) is 7.17. The lowest BCUT2D eigenvalue weighted by atomic mass is 9.94. The van der Waals surface area contributed by atoms with Crippen LogP contribution in [0.4, 0.5) is 16.2 Å². The summed E-state index contributed by atoms with van der Waals surface area (Å²) in [4.78, 5) is 27.1. The van der Waals surface area contributed by atoms with Crippen LogP contribution in [0.2, 0.25) is 0 Å². The summed E-state index contributed by atoms with van der Waals surface area (Å²) >= 11 is 0. The van der Waals surface area contributed by atoms with Gasteiger partial charge >= 0.3 is 6.03 Å². The quantitative estimate of drug-likeness (QED) is 0.657. The van der Waals surface area contributed by atoms with E-state index in [2.05, 4.69) is 10.6 Å². The molecule has 0 saturated heterocycles. The molecule has 0 fully saturated rings. The number of urea groups is 1. The highest BCUT2D eigenvalue weighted by molar-refractivity contribution is 6.11. The molecule has 0 aromatic heterocycles. The van der Waals surface area contributed by atoms with Crippen LogP contribution < -0.4 is 15.5 Å². The maximum Gasteiger partial charge on any atom is 0.329 e. The summed E-state index contributed by atoms with van der Waals surface area (Å²) in [5.41, 5.74) is -0.179. The number of anilines is 2. The van der Waals surface area contributed by atoms with Gasteiger partial charge in [0, 0.05) is 17.8 Å². The molecule has 6 nitrogen and oxygen atoms in total. The molecule has 4 rings (SSSR count). The highest BCUT2D eigenvalue weighted by Crippen LogP contribution is 2.39. The number of carbonyl (C=O) groups is 2. The van der Waals surface area contributed by atoms with E-state index in [0.29, 0.717) is 16.9 Å². The largest absolute Gasteiger partial charge is 0.359 e. The van der Waals surface area contributed by atoms with Gasteiger partial charge in [-0.15, -0.1) is 0 Å². The molecule has 1 aliphatic rings. The SMILES string of the molecule is O=C1Nc2ccccc2[C@](O)(C(=O)NCc2ccccc2)N1c1ccccc1. The molecule has 0 saturated carbocycles. The van der Waals surface area contributed by atoms with Crippen molar-refractivity contribution in [2.24, 2.45) is 0 Å². The summed E-state index contributed by atoms with van der Waals surface area (Å²) in [6, 6.07) is 24.2. The smallest absolute Gasteiger partial charge is 0.329 e. The van der Waals surface area contributed by atoms with Gasteiger partial charge in [-0.1, -0.05) is 66.7 Å². The van der Waals surface area contributed by atoms with E-state index in [9.17, 15) is 14.7 Å². The van der Waals surface area contributed by atoms with Gasteiger partial charge in [0.05, 0.1) is 5.69 Å². The van der Waals surface area contributed by atoms with E-state index in [1.165, 1.54) is 0 Å². The van der Waals surface area contributed by atoms with Crippen molar-refractivity contribution in [3.8, 4) is 0 Å². The molecule has 1 heterocycles. The Balaban J connectivity index is 1.76. The van der Waals surface area contributed by atoms with Gasteiger partial charge in [-0.25, -0.2) is 4.79 Å². The van der Waals surface area contributed by atoms with Crippen molar-refractivity contribution in [3.05, 3.63) is 96.1 Å². The van der Waals surface area contributed by atoms with E-state index in [0.717, 1.165) is 10.5 Å². The number of nitrogens with one attached hydrogen (secondary N) is 2. The van der Waals surface area contributed by atoms with Gasteiger partial charge in [-0.2, -0.15) is 0 Å². The van der Waals surface area contributed by atoms with Gasteiger partial charge in [0.1, 0.15) is 0 Å². The molecule has 1 atom stereocenters. The zero-order valence-corrected chi connectivity index (χ0v) is 15.0. The first-order chi connectivity index (χ1) is 13.6. The molecular formula is C22H19N3O3. The number of nitrogens with zero attached hydrogens (tertiary/aromatic N) is 1. The maximum absolute atomic E-state index is 13.2. The molecule has 0 unspecified atom stereocenters. The first kappa shape index (κ1) is 17.8. The van der Waals surface area contributed by atoms with Crippen LogP contribution in [0.3, 0.4) is 0 Å². The number of aliphatic hydroxyl groups is 1. The topological polar surface area (TPSA) is 81.7 Å². The molecule has 3 aromatic rings. The fourth-order valence-corrected chi connectivity index (χ4v) is 3.34. The Kier molecular flexibility index (Phi) is 4.55. The number of benzene rings is 3. The average Bonchev–Trinajstić information content (AvgIpc) is 2.73. The Morgan fingerprint density at radius 2 is 1.54 bits per heavy atom. The standard InChI is InChI=1S/C22H19N3O3/c26-20(23-15-16-9-3-1-4-10-16)22(28)18-13-7-8-14-19(18)24-21(27)25(22)17-11-5-2-6-12-17/h1-14,28H,15H2,(H,23,26)(H,24,27)/t22-/m0/s1. The Hall–Kier alpha value is -3.64. The first-order valence-electron chi connectivity index (χ1n) is 8.91. The molecule has 28 heavy (non-hydrogen) atoms. The zero-order valence-electron chi connectivity index (χ0n) is 15.0. The third-order valence-corrected chi connectivity index (χ3v) is 4.70. The van der Waals surface area contributed by atoms with Gasteiger partial charge in [0.25, 0.3) is 11.6 Å². The normalized spacial score (nSPS) is 18.2. The van der Waals surface area contributed by atoms with E-state index >= 15 is 0 Å². The molecular weight excluding hydrogens is 354 g/mol. The average molecular weight is 373 g/mol. The summed E-state index contributed by atoms with van der Waals surface area (Å²) in [6.45, 7) is 0.231. The van der Waals surface area contributed by atoms with Crippen molar-refractivity contribution < 1.29 is 14.7 Å². The van der Waals surface area contributed by atoms with E-state index in [-0.39, 0.29) is 6.54 Å². The highest BCUT2D eigenvalue weighted by atomic mass is 16.3. The van der Waals surface area contributed by atoms with Crippen LogP contribution in [0.15, 0.2) is 84.9 Å². The third kappa shape index (κ3) is 3.00. The molecule has 0 aliphatic carbocycles. The number of hydrogen-bond acceptors (Lipinski definition) is 3. The van der Waals surface area contributed by atoms with Crippen LogP contribution in [-0.4, -0.2) is 17.0 Å². The van der Waals surface area contributed by atoms with Crippen LogP contribution in [0.5, 0.6) is 0 Å². The molecule has 3 aromatic carbocycles. The van der Waals surface area contributed by atoms with Crippen LogP contribution >= 0.6 is 0 Å². The summed E-state index contributed by atoms with van der Waals surface area (Å²) in [5, 5.41) is 17.1. The van der Waals surface area contributed by atoms with Crippen molar-refractivity contribution in [3.63, 3.8) is 0 Å². The van der Waals surface area contributed by atoms with E-state index in [4.69, 9.17) is 0 Å². The van der Waals surface area contributed by atoms with Crippen molar-refractivity contribution >= 4 is 23.3 Å². The Morgan fingerprint density at radius 3 is 2.25 bits per heavy atom. The lowest BCUT2D eigenvalue weighted by molar-refractivity contribution is -0.140. The summed E-state index contributed by atoms with van der Waals surface area (Å²) in [6.07, 6.45) is 0. The van der Waals surface area contributed by atoms with E-state index < -0.39 is 17.7 Å². The van der Waals surface area contributed by atoms with Crippen molar-refractivity contribution in [1.29, 1.82) is 0 Å². The number of hydrogen-bond donors (Lipinski definition) is 3. The molecule has 1 aliphatic heterocycles. The molecule has 0 spiro atoms. The number of rotatable bonds is 4. The third-order valence-electron chi connectivity index (χ3n) is 4.70. The molecule has 3 amide bonds. The van der Waals surface area contributed by atoms with Gasteiger partial charge in [-0.05, 0) is 23.8 Å². The monoisotopic (exact) mass is 373 g/mol. The number of para-hydroxylation sites is 2. The Morgan fingerprint density at radius 1 is 0.929 bits per heavy atom. The molecule has 0 bridgehead atoms. The minimum atomic E-state index is -2.19. The Bertz CT molecular complexity index is 1010. The Labute approximate surface area is 162 Å². The minimum Gasteiger partial charge on any atom is -0.359 e. The highest BCUT2D eigenvalue weighted by Gasteiger charge is 2.51. The van der Waals surface area contributed by atoms with Gasteiger partial charge in [-0.3, -0.25) is 9.69 Å². The van der Waals surface area contributed by atoms with Crippen molar-refractivity contribution in [1.82, 2.24) is 5.32 Å². The molecule has 0 radical (unpaired) electrons. The lowest BCUT2D eigenvalue weighted by Gasteiger charge is -2.42. The predicted octanol–water partition coefficient (Wildman–Crippen LogP) is 3.20. The molecule has 3 N–H and O–H groups in total. The van der Waals surface area contributed by atoms with Gasteiger partial charge in [0.15, 0.2) is 0 Å². The minimum absolute atomic E-state index is 0.231. The summed E-state index contributed by atoms with van der Waals surface area (Å²) in [5.74, 6) is -0.678.